The van der Waals surface area contributed by atoms with E-state index in [-0.39, 0.29) is 18.2 Å². The SMILES string of the molecule is CC(CN(C)S(=O)(=O)c1cc(C(F)(F)F)cc(C(F)(F)F)c1)C(=O)O. The molecule has 142 valence electrons. The van der Waals surface area contributed by atoms with Gasteiger partial charge >= 0.3 is 18.3 Å². The van der Waals surface area contributed by atoms with Crippen molar-refractivity contribution < 1.29 is 44.7 Å². The van der Waals surface area contributed by atoms with Crippen molar-refractivity contribution in [2.24, 2.45) is 5.92 Å². The summed E-state index contributed by atoms with van der Waals surface area (Å²) in [5.41, 5.74) is -3.55. The zero-order chi connectivity index (χ0) is 19.8. The highest BCUT2D eigenvalue weighted by atomic mass is 32.2. The van der Waals surface area contributed by atoms with Gasteiger partial charge in [0.05, 0.1) is 21.9 Å². The smallest absolute Gasteiger partial charge is 0.416 e. The van der Waals surface area contributed by atoms with Gasteiger partial charge in [0.25, 0.3) is 0 Å². The molecule has 0 fully saturated rings. The molecule has 0 heterocycles. The normalized spacial score (nSPS) is 14.6. The molecule has 5 nitrogen and oxygen atoms in total. The lowest BCUT2D eigenvalue weighted by Crippen LogP contribution is -2.34. The van der Waals surface area contributed by atoms with E-state index < -0.39 is 56.8 Å². The van der Waals surface area contributed by atoms with E-state index in [4.69, 9.17) is 5.11 Å². The number of benzene rings is 1. The number of hydrogen-bond acceptors (Lipinski definition) is 3. The average Bonchev–Trinajstić information content (AvgIpc) is 2.44. The Kier molecular flexibility index (Phi) is 5.79. The van der Waals surface area contributed by atoms with Crippen molar-refractivity contribution >= 4 is 16.0 Å². The molecule has 0 aliphatic rings. The van der Waals surface area contributed by atoms with E-state index in [0.717, 1.165) is 14.0 Å². The minimum Gasteiger partial charge on any atom is -0.481 e. The summed E-state index contributed by atoms with van der Waals surface area (Å²) in [4.78, 5) is 9.52. The summed E-state index contributed by atoms with van der Waals surface area (Å²) < 4.78 is 102. The van der Waals surface area contributed by atoms with Crippen LogP contribution >= 0.6 is 0 Å². The van der Waals surface area contributed by atoms with Crippen LogP contribution in [-0.2, 0) is 27.2 Å². The number of aliphatic carboxylic acids is 1. The van der Waals surface area contributed by atoms with Gasteiger partial charge in [0.1, 0.15) is 0 Å². The molecule has 0 radical (unpaired) electrons. The molecule has 1 atom stereocenters. The fourth-order valence-corrected chi connectivity index (χ4v) is 3.15. The first-order valence-electron chi connectivity index (χ1n) is 6.55. The van der Waals surface area contributed by atoms with Crippen molar-refractivity contribution in [3.05, 3.63) is 29.3 Å². The van der Waals surface area contributed by atoms with Crippen LogP contribution in [0, 0.1) is 5.92 Å². The van der Waals surface area contributed by atoms with Crippen molar-refractivity contribution in [2.75, 3.05) is 13.6 Å². The number of carboxylic acid groups (broad SMARTS) is 1. The van der Waals surface area contributed by atoms with Crippen LogP contribution in [0.3, 0.4) is 0 Å². The molecule has 1 rings (SSSR count). The summed E-state index contributed by atoms with van der Waals surface area (Å²) in [6, 6.07) is -0.0437. The zero-order valence-corrected chi connectivity index (χ0v) is 13.6. The molecule has 0 amide bonds. The minimum atomic E-state index is -5.20. The van der Waals surface area contributed by atoms with Gasteiger partial charge in [-0.25, -0.2) is 12.7 Å². The fraction of sp³-hybridized carbons (Fsp3) is 0.462. The van der Waals surface area contributed by atoms with Crippen molar-refractivity contribution in [3.8, 4) is 0 Å². The number of sulfonamides is 1. The van der Waals surface area contributed by atoms with Crippen molar-refractivity contribution in [2.45, 2.75) is 24.2 Å². The van der Waals surface area contributed by atoms with Gasteiger partial charge in [0.15, 0.2) is 0 Å². The Balaban J connectivity index is 3.46. The van der Waals surface area contributed by atoms with Gasteiger partial charge in [-0.15, -0.1) is 0 Å². The molecule has 0 saturated carbocycles. The van der Waals surface area contributed by atoms with Gasteiger partial charge in [-0.2, -0.15) is 26.3 Å². The third kappa shape index (κ3) is 5.08. The second-order valence-electron chi connectivity index (χ2n) is 5.27. The molecule has 0 aromatic heterocycles. The largest absolute Gasteiger partial charge is 0.481 e. The van der Waals surface area contributed by atoms with Crippen LogP contribution in [0.15, 0.2) is 23.1 Å². The maximum atomic E-state index is 12.8. The quantitative estimate of drug-likeness (QED) is 0.781. The molecule has 0 bridgehead atoms. The number of hydrogen-bond donors (Lipinski definition) is 1. The lowest BCUT2D eigenvalue weighted by atomic mass is 10.1. The molecule has 1 unspecified atom stereocenters. The molecule has 1 aromatic rings. The molecule has 0 saturated heterocycles. The first kappa shape index (κ1) is 21.2. The summed E-state index contributed by atoms with van der Waals surface area (Å²) in [6.45, 7) is 0.511. The van der Waals surface area contributed by atoms with Crippen LogP contribution in [0.5, 0.6) is 0 Å². The number of halogens is 6. The maximum absolute atomic E-state index is 12.8. The summed E-state index contributed by atoms with van der Waals surface area (Å²) in [6.07, 6.45) is -10.4. The number of nitrogens with zero attached hydrogens (tertiary/aromatic N) is 1. The number of alkyl halides is 6. The van der Waals surface area contributed by atoms with Gasteiger partial charge < -0.3 is 5.11 Å². The Morgan fingerprint density at radius 1 is 1.08 bits per heavy atom. The van der Waals surface area contributed by atoms with E-state index in [0.29, 0.717) is 4.31 Å². The number of carbonyl (C=O) groups is 1. The molecule has 25 heavy (non-hydrogen) atoms. The monoisotopic (exact) mass is 393 g/mol. The Hall–Kier alpha value is -1.82. The van der Waals surface area contributed by atoms with E-state index in [1.54, 1.807) is 0 Å². The second-order valence-corrected chi connectivity index (χ2v) is 7.31. The molecule has 1 N–H and O–H groups in total. The highest BCUT2D eigenvalue weighted by molar-refractivity contribution is 7.89. The molecular weight excluding hydrogens is 380 g/mol. The summed E-state index contributed by atoms with van der Waals surface area (Å²) in [5.74, 6) is -2.59. The summed E-state index contributed by atoms with van der Waals surface area (Å²) >= 11 is 0. The lowest BCUT2D eigenvalue weighted by Gasteiger charge is -2.21. The fourth-order valence-electron chi connectivity index (χ4n) is 1.82. The van der Waals surface area contributed by atoms with E-state index in [1.165, 1.54) is 0 Å². The predicted octanol–water partition coefficient (Wildman–Crippen LogP) is 3.07. The molecule has 0 spiro atoms. The van der Waals surface area contributed by atoms with Crippen molar-refractivity contribution in [1.82, 2.24) is 4.31 Å². The van der Waals surface area contributed by atoms with Gasteiger partial charge in [-0.05, 0) is 18.2 Å². The first-order chi connectivity index (χ1) is 11.1. The molecule has 0 aliphatic carbocycles. The van der Waals surface area contributed by atoms with Crippen LogP contribution in [0.1, 0.15) is 18.1 Å². The standard InChI is InChI=1S/C13H13F6NO4S/c1-7(11(21)22)6-20(2)25(23,24)10-4-8(12(14,15)16)3-9(5-10)13(17,18)19/h3-5,7H,6H2,1-2H3,(H,21,22). The van der Waals surface area contributed by atoms with Crippen molar-refractivity contribution in [1.29, 1.82) is 0 Å². The molecule has 1 aromatic carbocycles. The van der Waals surface area contributed by atoms with E-state index >= 15 is 0 Å². The third-order valence-electron chi connectivity index (χ3n) is 3.22. The summed E-state index contributed by atoms with van der Waals surface area (Å²) in [7, 11) is -3.90. The van der Waals surface area contributed by atoms with Crippen molar-refractivity contribution in [3.63, 3.8) is 0 Å². The highest BCUT2D eigenvalue weighted by Gasteiger charge is 2.39. The Bertz CT molecular complexity index is 725. The van der Waals surface area contributed by atoms with E-state index in [9.17, 15) is 39.6 Å². The maximum Gasteiger partial charge on any atom is 0.416 e. The highest BCUT2D eigenvalue weighted by Crippen LogP contribution is 2.37. The average molecular weight is 393 g/mol. The molecule has 0 aliphatic heterocycles. The number of carboxylic acids is 1. The Labute approximate surface area is 138 Å². The lowest BCUT2D eigenvalue weighted by molar-refractivity contribution is -0.143. The minimum absolute atomic E-state index is 0.0759. The molecular formula is C13H13F6NO4S. The van der Waals surface area contributed by atoms with Crippen LogP contribution in [0.25, 0.3) is 0 Å². The first-order valence-corrected chi connectivity index (χ1v) is 7.99. The third-order valence-corrected chi connectivity index (χ3v) is 5.02. The van der Waals surface area contributed by atoms with Gasteiger partial charge in [-0.3, -0.25) is 4.79 Å². The van der Waals surface area contributed by atoms with E-state index in [1.807, 2.05) is 0 Å². The topological polar surface area (TPSA) is 74.7 Å². The van der Waals surface area contributed by atoms with Crippen LogP contribution in [-0.4, -0.2) is 37.4 Å². The van der Waals surface area contributed by atoms with Gasteiger partial charge in [0, 0.05) is 13.6 Å². The number of rotatable bonds is 5. The Morgan fingerprint density at radius 2 is 1.48 bits per heavy atom. The van der Waals surface area contributed by atoms with E-state index in [2.05, 4.69) is 0 Å². The predicted molar refractivity (Wildman–Crippen MR) is 73.1 cm³/mol. The van der Waals surface area contributed by atoms with Gasteiger partial charge in [-0.1, -0.05) is 6.92 Å². The summed E-state index contributed by atoms with van der Waals surface area (Å²) in [5, 5.41) is 8.75. The Morgan fingerprint density at radius 3 is 1.80 bits per heavy atom. The van der Waals surface area contributed by atoms with Crippen LogP contribution in [0.2, 0.25) is 0 Å². The van der Waals surface area contributed by atoms with Gasteiger partial charge in [0.2, 0.25) is 10.0 Å². The van der Waals surface area contributed by atoms with Crippen LogP contribution in [0.4, 0.5) is 26.3 Å². The molecule has 12 heteroatoms. The second kappa shape index (κ2) is 6.83. The zero-order valence-electron chi connectivity index (χ0n) is 12.8. The van der Waals surface area contributed by atoms with Crippen LogP contribution < -0.4 is 0 Å².